The molecule has 0 aliphatic carbocycles. The Bertz CT molecular complexity index is 971. The lowest BCUT2D eigenvalue weighted by Crippen LogP contribution is -2.42. The van der Waals surface area contributed by atoms with E-state index in [1.54, 1.807) is 6.07 Å². The first-order chi connectivity index (χ1) is 12.8. The zero-order valence-corrected chi connectivity index (χ0v) is 17.8. The van der Waals surface area contributed by atoms with Crippen LogP contribution in [0, 0.1) is 0 Å². The number of hydrogen-bond acceptors (Lipinski definition) is 7. The maximum Gasteiger partial charge on any atom is 0.253 e. The van der Waals surface area contributed by atoms with E-state index in [0.29, 0.717) is 28.9 Å². The van der Waals surface area contributed by atoms with Gasteiger partial charge >= 0.3 is 0 Å². The third-order valence-electron chi connectivity index (χ3n) is 4.77. The number of nitrogens with one attached hydrogen (secondary N) is 1. The fraction of sp³-hybridized carbons (Fsp3) is 0.500. The second-order valence-corrected chi connectivity index (χ2v) is 11.6. The minimum atomic E-state index is -3.73. The molecule has 0 saturated carbocycles. The molecule has 1 N–H and O–H groups in total. The Balaban J connectivity index is 1.51. The van der Waals surface area contributed by atoms with Gasteiger partial charge in [0.1, 0.15) is 10.3 Å². The van der Waals surface area contributed by atoms with Gasteiger partial charge in [0.05, 0.1) is 10.0 Å². The predicted octanol–water partition coefficient (Wildman–Crippen LogP) is 2.64. The largest absolute Gasteiger partial charge is 0.301 e. The van der Waals surface area contributed by atoms with Gasteiger partial charge in [0.2, 0.25) is 5.91 Å². The summed E-state index contributed by atoms with van der Waals surface area (Å²) in [6.45, 7) is 2.10. The SMILES string of the molecule is CN1CCc2nc(NC(=O)[C@H]3CCCN3S(=O)(=O)c3ccc(Cl)s3)sc2C1. The van der Waals surface area contributed by atoms with Crippen molar-refractivity contribution in [3.63, 3.8) is 0 Å². The molecule has 0 bridgehead atoms. The summed E-state index contributed by atoms with van der Waals surface area (Å²) in [6, 6.07) is 2.32. The normalized spacial score (nSPS) is 21.3. The molecule has 0 unspecified atom stereocenters. The number of anilines is 1. The smallest absolute Gasteiger partial charge is 0.253 e. The quantitative estimate of drug-likeness (QED) is 0.780. The van der Waals surface area contributed by atoms with Crippen molar-refractivity contribution < 1.29 is 13.2 Å². The van der Waals surface area contributed by atoms with E-state index in [1.165, 1.54) is 21.7 Å². The Hall–Kier alpha value is -1.04. The molecule has 11 heteroatoms. The third-order valence-corrected chi connectivity index (χ3v) is 9.37. The van der Waals surface area contributed by atoms with Crippen LogP contribution in [0.25, 0.3) is 0 Å². The molecule has 1 fully saturated rings. The third kappa shape index (κ3) is 3.79. The number of likely N-dealkylation sites (N-methyl/N-ethyl adjacent to an activating group) is 1. The summed E-state index contributed by atoms with van der Waals surface area (Å²) in [5.41, 5.74) is 1.03. The highest BCUT2D eigenvalue weighted by Gasteiger charge is 2.40. The average Bonchev–Trinajstić information content (AvgIpc) is 3.32. The van der Waals surface area contributed by atoms with Crippen molar-refractivity contribution in [2.75, 3.05) is 25.5 Å². The van der Waals surface area contributed by atoms with Gasteiger partial charge in [-0.15, -0.1) is 22.7 Å². The van der Waals surface area contributed by atoms with Crippen molar-refractivity contribution in [2.45, 2.75) is 36.1 Å². The van der Waals surface area contributed by atoms with Crippen molar-refractivity contribution in [1.82, 2.24) is 14.2 Å². The summed E-state index contributed by atoms with van der Waals surface area (Å²) < 4.78 is 27.6. The van der Waals surface area contributed by atoms with Crippen LogP contribution >= 0.6 is 34.3 Å². The Morgan fingerprint density at radius 2 is 2.15 bits per heavy atom. The van der Waals surface area contributed by atoms with Gasteiger partial charge in [-0.2, -0.15) is 4.31 Å². The minimum absolute atomic E-state index is 0.167. The molecular formula is C16H19ClN4O3S3. The van der Waals surface area contributed by atoms with Gasteiger partial charge in [-0.1, -0.05) is 11.6 Å². The molecule has 27 heavy (non-hydrogen) atoms. The number of hydrogen-bond donors (Lipinski definition) is 1. The Morgan fingerprint density at radius 3 is 2.89 bits per heavy atom. The van der Waals surface area contributed by atoms with Crippen molar-refractivity contribution in [2.24, 2.45) is 0 Å². The van der Waals surface area contributed by atoms with Crippen LogP contribution in [-0.2, 0) is 27.8 Å². The fourth-order valence-electron chi connectivity index (χ4n) is 3.41. The number of fused-ring (bicyclic) bond motifs is 1. The molecule has 7 nitrogen and oxygen atoms in total. The van der Waals surface area contributed by atoms with Crippen LogP contribution in [0.1, 0.15) is 23.4 Å². The molecule has 0 aromatic carbocycles. The molecule has 1 amide bonds. The predicted molar refractivity (Wildman–Crippen MR) is 107 cm³/mol. The fourth-order valence-corrected chi connectivity index (χ4v) is 7.77. The maximum absolute atomic E-state index is 12.9. The highest BCUT2D eigenvalue weighted by Crippen LogP contribution is 2.33. The van der Waals surface area contributed by atoms with Crippen LogP contribution in [-0.4, -0.2) is 54.7 Å². The number of rotatable bonds is 4. The Morgan fingerprint density at radius 1 is 1.33 bits per heavy atom. The van der Waals surface area contributed by atoms with Crippen LogP contribution in [0.2, 0.25) is 4.34 Å². The molecule has 4 rings (SSSR count). The zero-order valence-electron chi connectivity index (χ0n) is 14.6. The summed E-state index contributed by atoms with van der Waals surface area (Å²) >= 11 is 8.36. The molecule has 1 saturated heterocycles. The number of amides is 1. The summed E-state index contributed by atoms with van der Waals surface area (Å²) in [4.78, 5) is 20.7. The van der Waals surface area contributed by atoms with E-state index in [1.807, 2.05) is 0 Å². The van der Waals surface area contributed by atoms with E-state index in [0.717, 1.165) is 41.4 Å². The van der Waals surface area contributed by atoms with Crippen molar-refractivity contribution >= 4 is 55.3 Å². The molecular weight excluding hydrogens is 428 g/mol. The van der Waals surface area contributed by atoms with Crippen molar-refractivity contribution in [3.8, 4) is 0 Å². The summed E-state index contributed by atoms with van der Waals surface area (Å²) in [5.74, 6) is -0.321. The summed E-state index contributed by atoms with van der Waals surface area (Å²) in [7, 11) is -1.68. The number of carbonyl (C=O) groups excluding carboxylic acids is 1. The maximum atomic E-state index is 12.9. The lowest BCUT2D eigenvalue weighted by molar-refractivity contribution is -0.119. The molecule has 1 atom stereocenters. The number of sulfonamides is 1. The lowest BCUT2D eigenvalue weighted by Gasteiger charge is -2.22. The van der Waals surface area contributed by atoms with Gasteiger partial charge in [0.15, 0.2) is 5.13 Å². The second kappa shape index (κ2) is 7.41. The van der Waals surface area contributed by atoms with Crippen LogP contribution < -0.4 is 5.32 Å². The molecule has 2 aromatic heterocycles. The van der Waals surface area contributed by atoms with Gasteiger partial charge in [-0.3, -0.25) is 4.79 Å². The molecule has 2 aliphatic heterocycles. The molecule has 4 heterocycles. The first-order valence-electron chi connectivity index (χ1n) is 8.60. The average molecular weight is 447 g/mol. The van der Waals surface area contributed by atoms with E-state index >= 15 is 0 Å². The van der Waals surface area contributed by atoms with Crippen LogP contribution in [0.5, 0.6) is 0 Å². The zero-order chi connectivity index (χ0) is 19.2. The van der Waals surface area contributed by atoms with E-state index in [4.69, 9.17) is 11.6 Å². The van der Waals surface area contributed by atoms with Gasteiger partial charge < -0.3 is 10.2 Å². The number of aromatic nitrogens is 1. The van der Waals surface area contributed by atoms with Gasteiger partial charge in [-0.05, 0) is 32.0 Å². The molecule has 0 spiro atoms. The number of nitrogens with zero attached hydrogens (tertiary/aromatic N) is 3. The van der Waals surface area contributed by atoms with E-state index < -0.39 is 16.1 Å². The van der Waals surface area contributed by atoms with E-state index in [2.05, 4.69) is 22.2 Å². The highest BCUT2D eigenvalue weighted by molar-refractivity contribution is 7.91. The van der Waals surface area contributed by atoms with Gasteiger partial charge in [0.25, 0.3) is 10.0 Å². The molecule has 2 aromatic rings. The van der Waals surface area contributed by atoms with Gasteiger partial charge in [0, 0.05) is 30.9 Å². The first-order valence-corrected chi connectivity index (χ1v) is 12.0. The molecule has 0 radical (unpaired) electrons. The van der Waals surface area contributed by atoms with Crippen LogP contribution in [0.15, 0.2) is 16.3 Å². The Kier molecular flexibility index (Phi) is 5.30. The van der Waals surface area contributed by atoms with E-state index in [-0.39, 0.29) is 10.1 Å². The number of halogens is 1. The number of thiazole rings is 1. The van der Waals surface area contributed by atoms with Crippen LogP contribution in [0.3, 0.4) is 0 Å². The van der Waals surface area contributed by atoms with Crippen molar-refractivity contribution in [3.05, 3.63) is 27.0 Å². The lowest BCUT2D eigenvalue weighted by atomic mass is 10.2. The topological polar surface area (TPSA) is 82.6 Å². The molecule has 146 valence electrons. The first kappa shape index (κ1) is 19.3. The Labute approximate surface area is 171 Å². The highest BCUT2D eigenvalue weighted by atomic mass is 35.5. The summed E-state index contributed by atoms with van der Waals surface area (Å²) in [5, 5.41) is 3.38. The summed E-state index contributed by atoms with van der Waals surface area (Å²) in [6.07, 6.45) is 2.01. The number of thiophene rings is 1. The number of carbonyl (C=O) groups is 1. The standard InChI is InChI=1S/C16H19ClN4O3S3/c1-20-8-6-10-12(9-20)25-16(18-10)19-15(22)11-3-2-7-21(11)27(23,24)14-5-4-13(17)26-14/h4-5,11H,2-3,6-9H2,1H3,(H,18,19,22)/t11-/m1/s1. The second-order valence-electron chi connectivity index (χ2n) is 6.70. The van der Waals surface area contributed by atoms with E-state index in [9.17, 15) is 13.2 Å². The molecule has 2 aliphatic rings. The minimum Gasteiger partial charge on any atom is -0.301 e. The van der Waals surface area contributed by atoms with Gasteiger partial charge in [-0.25, -0.2) is 13.4 Å². The van der Waals surface area contributed by atoms with Crippen LogP contribution in [0.4, 0.5) is 5.13 Å². The van der Waals surface area contributed by atoms with Crippen molar-refractivity contribution in [1.29, 1.82) is 0 Å². The monoisotopic (exact) mass is 446 g/mol.